The Morgan fingerprint density at radius 3 is 2.12 bits per heavy atom. The quantitative estimate of drug-likeness (QED) is 0.658. The van der Waals surface area contributed by atoms with Crippen molar-refractivity contribution in [3.05, 3.63) is 0 Å². The molecule has 0 aromatic heterocycles. The molecule has 0 spiro atoms. The highest BCUT2D eigenvalue weighted by Crippen LogP contribution is 2.41. The second kappa shape index (κ2) is 6.25. The number of hydrogen-bond acceptors (Lipinski definition) is 2. The van der Waals surface area contributed by atoms with Gasteiger partial charge in [-0.1, -0.05) is 33.6 Å². The van der Waals surface area contributed by atoms with Crippen LogP contribution in [-0.4, -0.2) is 24.0 Å². The van der Waals surface area contributed by atoms with Crippen molar-refractivity contribution < 1.29 is 0 Å². The molecule has 1 heterocycles. The molecule has 2 nitrogen and oxygen atoms in total. The Hall–Kier alpha value is -0.550. The number of rotatable bonds is 7. The van der Waals surface area contributed by atoms with Gasteiger partial charge in [0.15, 0.2) is 0 Å². The van der Waals surface area contributed by atoms with Gasteiger partial charge in [0.25, 0.3) is 0 Å². The summed E-state index contributed by atoms with van der Waals surface area (Å²) in [6, 6.07) is 2.82. The minimum absolute atomic E-state index is 0.506. The average molecular weight is 222 g/mol. The molecule has 16 heavy (non-hydrogen) atoms. The second-order valence-corrected chi connectivity index (χ2v) is 5.33. The van der Waals surface area contributed by atoms with Crippen LogP contribution in [0.5, 0.6) is 0 Å². The zero-order chi connectivity index (χ0) is 12.0. The zero-order valence-electron chi connectivity index (χ0n) is 11.1. The van der Waals surface area contributed by atoms with Crippen molar-refractivity contribution >= 4 is 0 Å². The van der Waals surface area contributed by atoms with Crippen molar-refractivity contribution in [1.82, 2.24) is 4.90 Å². The number of hydrogen-bond donors (Lipinski definition) is 0. The molecule has 1 atom stereocenters. The van der Waals surface area contributed by atoms with Crippen LogP contribution in [0.2, 0.25) is 0 Å². The Morgan fingerprint density at radius 1 is 1.19 bits per heavy atom. The highest BCUT2D eigenvalue weighted by atomic mass is 15.2. The van der Waals surface area contributed by atoms with Crippen LogP contribution in [0.15, 0.2) is 0 Å². The molecule has 1 saturated heterocycles. The topological polar surface area (TPSA) is 27.0 Å². The maximum absolute atomic E-state index is 8.80. The predicted molar refractivity (Wildman–Crippen MR) is 68.1 cm³/mol. The van der Waals surface area contributed by atoms with Gasteiger partial charge < -0.3 is 0 Å². The van der Waals surface area contributed by atoms with E-state index in [-0.39, 0.29) is 0 Å². The monoisotopic (exact) mass is 222 g/mol. The van der Waals surface area contributed by atoms with Crippen molar-refractivity contribution in [1.29, 1.82) is 5.26 Å². The van der Waals surface area contributed by atoms with Crippen molar-refractivity contribution in [3.8, 4) is 6.07 Å². The summed E-state index contributed by atoms with van der Waals surface area (Å²) in [6.07, 6.45) is 7.12. The molecule has 1 fully saturated rings. The van der Waals surface area contributed by atoms with Gasteiger partial charge in [0.2, 0.25) is 0 Å². The molecule has 0 bridgehead atoms. The van der Waals surface area contributed by atoms with Gasteiger partial charge in [-0.05, 0) is 24.7 Å². The first kappa shape index (κ1) is 13.5. The Balaban J connectivity index is 2.45. The van der Waals surface area contributed by atoms with Crippen molar-refractivity contribution in [2.24, 2.45) is 5.41 Å². The number of nitrogens with zero attached hydrogens (tertiary/aromatic N) is 2. The fourth-order valence-corrected chi connectivity index (χ4v) is 3.21. The summed E-state index contributed by atoms with van der Waals surface area (Å²) in [5.41, 5.74) is 0.590. The highest BCUT2D eigenvalue weighted by molar-refractivity contribution is 4.98. The van der Waals surface area contributed by atoms with Gasteiger partial charge in [-0.2, -0.15) is 5.26 Å². The first-order valence-corrected chi connectivity index (χ1v) is 6.82. The first-order chi connectivity index (χ1) is 7.71. The van der Waals surface area contributed by atoms with Crippen LogP contribution >= 0.6 is 0 Å². The molecule has 1 aliphatic heterocycles. The molecule has 92 valence electrons. The Labute approximate surface area is 101 Å². The third-order valence-corrected chi connectivity index (χ3v) is 3.95. The maximum atomic E-state index is 8.80. The van der Waals surface area contributed by atoms with E-state index in [1.807, 2.05) is 0 Å². The lowest BCUT2D eigenvalue weighted by Crippen LogP contribution is -2.59. The highest BCUT2D eigenvalue weighted by Gasteiger charge is 2.43. The minimum atomic E-state index is 0.506. The van der Waals surface area contributed by atoms with E-state index in [4.69, 9.17) is 5.26 Å². The van der Waals surface area contributed by atoms with Gasteiger partial charge in [0, 0.05) is 19.1 Å². The SMILES string of the molecule is CCCC1(CCC)CN(C(CC)CC#N)C1. The van der Waals surface area contributed by atoms with E-state index in [0.29, 0.717) is 17.9 Å². The van der Waals surface area contributed by atoms with Gasteiger partial charge in [-0.25, -0.2) is 0 Å². The van der Waals surface area contributed by atoms with Crippen LogP contribution in [0.4, 0.5) is 0 Å². The molecule has 0 amide bonds. The van der Waals surface area contributed by atoms with E-state index in [2.05, 4.69) is 31.7 Å². The van der Waals surface area contributed by atoms with E-state index in [1.54, 1.807) is 0 Å². The third kappa shape index (κ3) is 2.98. The van der Waals surface area contributed by atoms with Crippen LogP contribution in [0.25, 0.3) is 0 Å². The molecule has 0 aromatic carbocycles. The van der Waals surface area contributed by atoms with Gasteiger partial charge >= 0.3 is 0 Å². The molecule has 0 N–H and O–H groups in total. The van der Waals surface area contributed by atoms with Crippen LogP contribution in [0.1, 0.15) is 59.3 Å². The molecule has 1 unspecified atom stereocenters. The van der Waals surface area contributed by atoms with Crippen molar-refractivity contribution in [2.45, 2.75) is 65.3 Å². The summed E-state index contributed by atoms with van der Waals surface area (Å²) in [6.45, 7) is 9.23. The van der Waals surface area contributed by atoms with Gasteiger partial charge in [0.05, 0.1) is 12.5 Å². The summed E-state index contributed by atoms with van der Waals surface area (Å²) >= 11 is 0. The molecule has 0 saturated carbocycles. The van der Waals surface area contributed by atoms with Crippen molar-refractivity contribution in [2.75, 3.05) is 13.1 Å². The molecule has 2 heteroatoms. The largest absolute Gasteiger partial charge is 0.298 e. The molecule has 1 rings (SSSR count). The normalized spacial score (nSPS) is 21.1. The lowest BCUT2D eigenvalue weighted by atomic mass is 9.71. The number of likely N-dealkylation sites (tertiary alicyclic amines) is 1. The third-order valence-electron chi connectivity index (χ3n) is 3.95. The van der Waals surface area contributed by atoms with E-state index in [0.717, 1.165) is 6.42 Å². The summed E-state index contributed by atoms with van der Waals surface area (Å²) in [5.74, 6) is 0. The van der Waals surface area contributed by atoms with Gasteiger partial charge in [0.1, 0.15) is 0 Å². The van der Waals surface area contributed by atoms with Gasteiger partial charge in [-0.15, -0.1) is 0 Å². The lowest BCUT2D eigenvalue weighted by molar-refractivity contribution is -0.0437. The second-order valence-electron chi connectivity index (χ2n) is 5.33. The zero-order valence-corrected chi connectivity index (χ0v) is 11.1. The Kier molecular flexibility index (Phi) is 5.28. The van der Waals surface area contributed by atoms with E-state index in [9.17, 15) is 0 Å². The van der Waals surface area contributed by atoms with E-state index in [1.165, 1.54) is 38.8 Å². The molecule has 0 aromatic rings. The number of nitriles is 1. The van der Waals surface area contributed by atoms with Crippen LogP contribution in [0.3, 0.4) is 0 Å². The van der Waals surface area contributed by atoms with E-state index >= 15 is 0 Å². The average Bonchev–Trinajstić information content (AvgIpc) is 2.22. The summed E-state index contributed by atoms with van der Waals surface area (Å²) in [7, 11) is 0. The fraction of sp³-hybridized carbons (Fsp3) is 0.929. The molecular formula is C14H26N2. The molecular weight excluding hydrogens is 196 g/mol. The van der Waals surface area contributed by atoms with E-state index < -0.39 is 0 Å². The summed E-state index contributed by atoms with van der Waals surface area (Å²) in [4.78, 5) is 2.52. The fourth-order valence-electron chi connectivity index (χ4n) is 3.21. The lowest BCUT2D eigenvalue weighted by Gasteiger charge is -2.53. The van der Waals surface area contributed by atoms with Crippen LogP contribution < -0.4 is 0 Å². The van der Waals surface area contributed by atoms with Gasteiger partial charge in [-0.3, -0.25) is 4.90 Å². The van der Waals surface area contributed by atoms with Crippen LogP contribution in [-0.2, 0) is 0 Å². The Bertz CT molecular complexity index is 228. The van der Waals surface area contributed by atoms with Crippen molar-refractivity contribution in [3.63, 3.8) is 0 Å². The predicted octanol–water partition coefficient (Wildman–Crippen LogP) is 3.58. The standard InChI is InChI=1S/C14H26N2/c1-4-8-14(9-5-2)11-16(12-14)13(6-3)7-10-15/h13H,4-9,11-12H2,1-3H3. The minimum Gasteiger partial charge on any atom is -0.298 e. The molecule has 0 aliphatic carbocycles. The summed E-state index contributed by atoms with van der Waals surface area (Å²) < 4.78 is 0. The van der Waals surface area contributed by atoms with Crippen LogP contribution in [0, 0.1) is 16.7 Å². The molecule has 0 radical (unpaired) electrons. The Morgan fingerprint density at radius 2 is 1.75 bits per heavy atom. The summed E-state index contributed by atoms with van der Waals surface area (Å²) in [5, 5.41) is 8.80. The first-order valence-electron chi connectivity index (χ1n) is 6.82. The maximum Gasteiger partial charge on any atom is 0.0638 e. The molecule has 1 aliphatic rings. The smallest absolute Gasteiger partial charge is 0.0638 e.